The minimum atomic E-state index is -0.889. The van der Waals surface area contributed by atoms with Crippen LogP contribution in [0.15, 0.2) is 65.3 Å². The molecule has 1 aromatic heterocycles. The van der Waals surface area contributed by atoms with Crippen LogP contribution in [-0.2, 0) is 9.59 Å². The van der Waals surface area contributed by atoms with E-state index in [1.165, 1.54) is 17.2 Å². The highest BCUT2D eigenvalue weighted by molar-refractivity contribution is 6.04. The lowest BCUT2D eigenvalue weighted by Crippen LogP contribution is -2.49. The Bertz CT molecular complexity index is 1230. The Hall–Kier alpha value is -3.87. The summed E-state index contributed by atoms with van der Waals surface area (Å²) >= 11 is 0. The van der Waals surface area contributed by atoms with Crippen LogP contribution < -0.4 is 15.5 Å². The van der Waals surface area contributed by atoms with Gasteiger partial charge in [-0.3, -0.25) is 19.3 Å². The molecule has 7 nitrogen and oxygen atoms in total. The molecule has 0 unspecified atom stereocenters. The normalized spacial score (nSPS) is 14.3. The van der Waals surface area contributed by atoms with E-state index in [1.54, 1.807) is 6.07 Å². The SMILES string of the molecule is Cc1ccc(C)c(N(C(=O)CNC(=O)c2ccco2)[C@@H](C(=O)NC2CCCC2)c2ccccc2C)c1. The van der Waals surface area contributed by atoms with Crippen LogP contribution in [0.2, 0.25) is 0 Å². The summed E-state index contributed by atoms with van der Waals surface area (Å²) in [5.41, 5.74) is 4.12. The van der Waals surface area contributed by atoms with Crippen LogP contribution in [0.1, 0.15) is 64.5 Å². The van der Waals surface area contributed by atoms with E-state index in [2.05, 4.69) is 10.6 Å². The molecule has 0 saturated heterocycles. The molecule has 0 spiro atoms. The highest BCUT2D eigenvalue weighted by atomic mass is 16.3. The smallest absolute Gasteiger partial charge is 0.287 e. The predicted octanol–water partition coefficient (Wildman–Crippen LogP) is 4.77. The van der Waals surface area contributed by atoms with Crippen molar-refractivity contribution in [2.75, 3.05) is 11.4 Å². The lowest BCUT2D eigenvalue weighted by atomic mass is 9.96. The van der Waals surface area contributed by atoms with Crippen molar-refractivity contribution in [2.24, 2.45) is 0 Å². The largest absolute Gasteiger partial charge is 0.459 e. The quantitative estimate of drug-likeness (QED) is 0.479. The first-order chi connectivity index (χ1) is 17.3. The lowest BCUT2D eigenvalue weighted by molar-refractivity contribution is -0.126. The first kappa shape index (κ1) is 25.2. The number of furan rings is 1. The molecule has 36 heavy (non-hydrogen) atoms. The van der Waals surface area contributed by atoms with Gasteiger partial charge in [0.15, 0.2) is 5.76 Å². The van der Waals surface area contributed by atoms with Crippen molar-refractivity contribution in [3.05, 3.63) is 88.9 Å². The monoisotopic (exact) mass is 487 g/mol. The fraction of sp³-hybridized carbons (Fsp3) is 0.345. The standard InChI is InChI=1S/C29H33N3O4/c1-19-14-15-21(3)24(17-19)32(26(33)18-30-28(34)25-13-8-16-36-25)27(23-12-7-4-9-20(23)2)29(35)31-22-10-5-6-11-22/h4,7-9,12-17,22,27H,5-6,10-11,18H2,1-3H3,(H,30,34)(H,31,35)/t27-/m1/s1. The number of rotatable bonds is 8. The first-order valence-electron chi connectivity index (χ1n) is 12.4. The van der Waals surface area contributed by atoms with Crippen LogP contribution in [0.25, 0.3) is 0 Å². The summed E-state index contributed by atoms with van der Waals surface area (Å²) in [5.74, 6) is -0.978. The van der Waals surface area contributed by atoms with E-state index in [0.717, 1.165) is 47.9 Å². The molecule has 2 aromatic carbocycles. The van der Waals surface area contributed by atoms with Gasteiger partial charge in [0.25, 0.3) is 5.91 Å². The molecule has 3 aromatic rings. The minimum Gasteiger partial charge on any atom is -0.459 e. The van der Waals surface area contributed by atoms with Crippen molar-refractivity contribution < 1.29 is 18.8 Å². The van der Waals surface area contributed by atoms with Gasteiger partial charge in [0.05, 0.1) is 12.8 Å². The summed E-state index contributed by atoms with van der Waals surface area (Å²) in [6.07, 6.45) is 5.43. The van der Waals surface area contributed by atoms with Crippen LogP contribution >= 0.6 is 0 Å². The second kappa shape index (κ2) is 11.2. The average molecular weight is 488 g/mol. The number of nitrogens with one attached hydrogen (secondary N) is 2. The Morgan fingerprint density at radius 1 is 0.972 bits per heavy atom. The Labute approximate surface area is 211 Å². The van der Waals surface area contributed by atoms with E-state index >= 15 is 0 Å². The molecule has 0 bridgehead atoms. The third-order valence-corrected chi connectivity index (χ3v) is 6.73. The fourth-order valence-electron chi connectivity index (χ4n) is 4.77. The Balaban J connectivity index is 1.74. The molecule has 1 aliphatic carbocycles. The molecule has 188 valence electrons. The Morgan fingerprint density at radius 2 is 1.72 bits per heavy atom. The molecule has 1 aliphatic rings. The Kier molecular flexibility index (Phi) is 7.88. The highest BCUT2D eigenvalue weighted by Gasteiger charge is 2.35. The summed E-state index contributed by atoms with van der Waals surface area (Å²) in [5, 5.41) is 5.84. The van der Waals surface area contributed by atoms with E-state index in [4.69, 9.17) is 4.42 Å². The number of anilines is 1. The first-order valence-corrected chi connectivity index (χ1v) is 12.4. The summed E-state index contributed by atoms with van der Waals surface area (Å²) in [6.45, 7) is 5.52. The van der Waals surface area contributed by atoms with Crippen LogP contribution in [-0.4, -0.2) is 30.3 Å². The zero-order chi connectivity index (χ0) is 25.7. The van der Waals surface area contributed by atoms with Gasteiger partial charge >= 0.3 is 0 Å². The van der Waals surface area contributed by atoms with Gasteiger partial charge in [0.2, 0.25) is 11.8 Å². The van der Waals surface area contributed by atoms with Gasteiger partial charge in [-0.05, 0) is 74.1 Å². The van der Waals surface area contributed by atoms with Gasteiger partial charge in [-0.25, -0.2) is 0 Å². The van der Waals surface area contributed by atoms with Crippen LogP contribution in [0.4, 0.5) is 5.69 Å². The molecule has 2 N–H and O–H groups in total. The summed E-state index contributed by atoms with van der Waals surface area (Å²) in [4.78, 5) is 41.8. The molecule has 3 amide bonds. The zero-order valence-electron chi connectivity index (χ0n) is 21.0. The maximum Gasteiger partial charge on any atom is 0.287 e. The van der Waals surface area contributed by atoms with Gasteiger partial charge in [-0.15, -0.1) is 0 Å². The highest BCUT2D eigenvalue weighted by Crippen LogP contribution is 2.33. The van der Waals surface area contributed by atoms with Gasteiger partial charge in [-0.1, -0.05) is 49.2 Å². The van der Waals surface area contributed by atoms with E-state index in [9.17, 15) is 14.4 Å². The van der Waals surface area contributed by atoms with Crippen molar-refractivity contribution in [2.45, 2.75) is 58.5 Å². The van der Waals surface area contributed by atoms with Crippen LogP contribution in [0.3, 0.4) is 0 Å². The van der Waals surface area contributed by atoms with Crippen molar-refractivity contribution in [3.63, 3.8) is 0 Å². The van der Waals surface area contributed by atoms with Gasteiger partial charge in [0.1, 0.15) is 6.04 Å². The van der Waals surface area contributed by atoms with Gasteiger partial charge in [-0.2, -0.15) is 0 Å². The van der Waals surface area contributed by atoms with E-state index in [0.29, 0.717) is 5.69 Å². The maximum atomic E-state index is 13.9. The molecule has 0 aliphatic heterocycles. The maximum absolute atomic E-state index is 13.9. The lowest BCUT2D eigenvalue weighted by Gasteiger charge is -2.34. The fourth-order valence-corrected chi connectivity index (χ4v) is 4.77. The van der Waals surface area contributed by atoms with Crippen molar-refractivity contribution >= 4 is 23.4 Å². The number of hydrogen-bond donors (Lipinski definition) is 2. The summed E-state index contributed by atoms with van der Waals surface area (Å²) in [7, 11) is 0. The molecular weight excluding hydrogens is 454 g/mol. The van der Waals surface area contributed by atoms with E-state index in [-0.39, 0.29) is 24.3 Å². The van der Waals surface area contributed by atoms with Crippen molar-refractivity contribution in [1.82, 2.24) is 10.6 Å². The predicted molar refractivity (Wildman–Crippen MR) is 139 cm³/mol. The molecule has 1 atom stereocenters. The molecule has 4 rings (SSSR count). The molecule has 1 fully saturated rings. The number of amides is 3. The molecular formula is C29H33N3O4. The van der Waals surface area contributed by atoms with Crippen molar-refractivity contribution in [3.8, 4) is 0 Å². The van der Waals surface area contributed by atoms with Crippen LogP contribution in [0.5, 0.6) is 0 Å². The third-order valence-electron chi connectivity index (χ3n) is 6.73. The Morgan fingerprint density at radius 3 is 2.42 bits per heavy atom. The zero-order valence-corrected chi connectivity index (χ0v) is 21.0. The number of carbonyl (C=O) groups is 3. The van der Waals surface area contributed by atoms with E-state index < -0.39 is 17.9 Å². The summed E-state index contributed by atoms with van der Waals surface area (Å²) in [6, 6.07) is 15.8. The topological polar surface area (TPSA) is 91.7 Å². The number of aryl methyl sites for hydroxylation is 3. The molecule has 1 saturated carbocycles. The second-order valence-electron chi connectivity index (χ2n) is 9.46. The van der Waals surface area contributed by atoms with Crippen molar-refractivity contribution in [1.29, 1.82) is 0 Å². The van der Waals surface area contributed by atoms with E-state index in [1.807, 2.05) is 63.2 Å². The second-order valence-corrected chi connectivity index (χ2v) is 9.46. The van der Waals surface area contributed by atoms with Gasteiger partial charge < -0.3 is 15.1 Å². The average Bonchev–Trinajstić information content (AvgIpc) is 3.58. The molecule has 7 heteroatoms. The number of nitrogens with zero attached hydrogens (tertiary/aromatic N) is 1. The number of carbonyl (C=O) groups excluding carboxylic acids is 3. The van der Waals surface area contributed by atoms with Crippen LogP contribution in [0, 0.1) is 20.8 Å². The number of benzene rings is 2. The number of hydrogen-bond acceptors (Lipinski definition) is 4. The third kappa shape index (κ3) is 5.67. The molecule has 0 radical (unpaired) electrons. The molecule has 1 heterocycles. The summed E-state index contributed by atoms with van der Waals surface area (Å²) < 4.78 is 5.15. The minimum absolute atomic E-state index is 0.0956. The van der Waals surface area contributed by atoms with Gasteiger partial charge in [0, 0.05) is 11.7 Å².